The average molecular weight is 235 g/mol. The first-order chi connectivity index (χ1) is 8.24. The summed E-state index contributed by atoms with van der Waals surface area (Å²) in [5, 5.41) is 3.43. The molecule has 0 bridgehead atoms. The van der Waals surface area contributed by atoms with Gasteiger partial charge < -0.3 is 10.1 Å². The van der Waals surface area contributed by atoms with Crippen molar-refractivity contribution in [1.29, 1.82) is 0 Å². The van der Waals surface area contributed by atoms with Crippen LogP contribution in [0.1, 0.15) is 38.9 Å². The molecule has 17 heavy (non-hydrogen) atoms. The third-order valence-corrected chi connectivity index (χ3v) is 2.56. The summed E-state index contributed by atoms with van der Waals surface area (Å²) in [6.07, 6.45) is 1.33. The lowest BCUT2D eigenvalue weighted by molar-refractivity contribution is 0.0353. The van der Waals surface area contributed by atoms with Crippen molar-refractivity contribution in [3.63, 3.8) is 0 Å². The predicted octanol–water partition coefficient (Wildman–Crippen LogP) is 3.40. The van der Waals surface area contributed by atoms with Crippen molar-refractivity contribution in [2.75, 3.05) is 19.7 Å². The van der Waals surface area contributed by atoms with E-state index in [4.69, 9.17) is 4.74 Å². The Morgan fingerprint density at radius 2 is 1.88 bits per heavy atom. The zero-order valence-electron chi connectivity index (χ0n) is 11.3. The maximum atomic E-state index is 5.97. The Hall–Kier alpha value is -0.860. The molecule has 1 N–H and O–H groups in total. The molecule has 0 fully saturated rings. The van der Waals surface area contributed by atoms with Crippen LogP contribution in [0.25, 0.3) is 0 Å². The third kappa shape index (κ3) is 5.85. The lowest BCUT2D eigenvalue weighted by atomic mass is 10.1. The zero-order chi connectivity index (χ0) is 12.5. The van der Waals surface area contributed by atoms with Crippen LogP contribution in [0.15, 0.2) is 30.3 Å². The summed E-state index contributed by atoms with van der Waals surface area (Å²) in [6.45, 7) is 9.30. The van der Waals surface area contributed by atoms with Gasteiger partial charge in [-0.3, -0.25) is 0 Å². The predicted molar refractivity (Wildman–Crippen MR) is 73.1 cm³/mol. The summed E-state index contributed by atoms with van der Waals surface area (Å²) < 4.78 is 5.97. The van der Waals surface area contributed by atoms with Crippen molar-refractivity contribution in [2.45, 2.75) is 33.3 Å². The Labute approximate surface area is 105 Å². The van der Waals surface area contributed by atoms with E-state index in [2.05, 4.69) is 50.4 Å². The van der Waals surface area contributed by atoms with Gasteiger partial charge in [0.05, 0.1) is 6.10 Å². The third-order valence-electron chi connectivity index (χ3n) is 2.56. The Morgan fingerprint density at radius 1 is 1.18 bits per heavy atom. The number of ether oxygens (including phenoxy) is 1. The quantitative estimate of drug-likeness (QED) is 0.697. The van der Waals surface area contributed by atoms with Gasteiger partial charge in [-0.15, -0.1) is 0 Å². The minimum Gasteiger partial charge on any atom is -0.372 e. The van der Waals surface area contributed by atoms with E-state index in [1.165, 1.54) is 5.56 Å². The smallest absolute Gasteiger partial charge is 0.0949 e. The molecule has 2 nitrogen and oxygen atoms in total. The van der Waals surface area contributed by atoms with Crippen LogP contribution in [0, 0.1) is 5.92 Å². The van der Waals surface area contributed by atoms with Crippen LogP contribution >= 0.6 is 0 Å². The first kappa shape index (κ1) is 14.2. The lowest BCUT2D eigenvalue weighted by Gasteiger charge is -2.20. The van der Waals surface area contributed by atoms with E-state index < -0.39 is 0 Å². The zero-order valence-corrected chi connectivity index (χ0v) is 11.3. The van der Waals surface area contributed by atoms with E-state index in [1.54, 1.807) is 0 Å². The van der Waals surface area contributed by atoms with Gasteiger partial charge in [-0.25, -0.2) is 0 Å². The second-order valence-corrected chi connectivity index (χ2v) is 4.83. The van der Waals surface area contributed by atoms with E-state index in [0.29, 0.717) is 5.92 Å². The van der Waals surface area contributed by atoms with Crippen LogP contribution in [-0.4, -0.2) is 19.7 Å². The second-order valence-electron chi connectivity index (χ2n) is 4.83. The minimum atomic E-state index is 0.171. The summed E-state index contributed by atoms with van der Waals surface area (Å²) in [6, 6.07) is 10.5. The molecule has 0 aliphatic carbocycles. The second kappa shape index (κ2) is 8.26. The highest BCUT2D eigenvalue weighted by molar-refractivity contribution is 5.17. The molecule has 0 amide bonds. The van der Waals surface area contributed by atoms with Gasteiger partial charge in [0.15, 0.2) is 0 Å². The Balaban J connectivity index is 2.52. The van der Waals surface area contributed by atoms with Gasteiger partial charge in [0.1, 0.15) is 0 Å². The fraction of sp³-hybridized carbons (Fsp3) is 0.600. The highest BCUT2D eigenvalue weighted by atomic mass is 16.5. The monoisotopic (exact) mass is 235 g/mol. The van der Waals surface area contributed by atoms with E-state index in [-0.39, 0.29) is 6.10 Å². The molecule has 1 rings (SSSR count). The van der Waals surface area contributed by atoms with E-state index in [9.17, 15) is 0 Å². The SMILES string of the molecule is CCCNCC(OCC(C)C)c1ccccc1. The summed E-state index contributed by atoms with van der Waals surface area (Å²) in [5.74, 6) is 0.576. The molecule has 0 spiro atoms. The Kier molecular flexibility index (Phi) is 6.90. The van der Waals surface area contributed by atoms with Crippen LogP contribution in [-0.2, 0) is 4.74 Å². The largest absolute Gasteiger partial charge is 0.372 e. The number of rotatable bonds is 8. The molecule has 0 saturated carbocycles. The van der Waals surface area contributed by atoms with Gasteiger partial charge in [0, 0.05) is 13.2 Å². The summed E-state index contributed by atoms with van der Waals surface area (Å²) in [5.41, 5.74) is 1.26. The molecular weight excluding hydrogens is 210 g/mol. The van der Waals surface area contributed by atoms with Gasteiger partial charge >= 0.3 is 0 Å². The highest BCUT2D eigenvalue weighted by Crippen LogP contribution is 2.17. The molecule has 1 aromatic rings. The molecule has 96 valence electrons. The number of nitrogens with one attached hydrogen (secondary N) is 1. The average Bonchev–Trinajstić information content (AvgIpc) is 2.34. The first-order valence-corrected chi connectivity index (χ1v) is 6.61. The molecule has 0 aromatic heterocycles. The van der Waals surface area contributed by atoms with Crippen LogP contribution in [0.5, 0.6) is 0 Å². The van der Waals surface area contributed by atoms with Crippen molar-refractivity contribution in [3.8, 4) is 0 Å². The fourth-order valence-corrected chi connectivity index (χ4v) is 1.66. The summed E-state index contributed by atoms with van der Waals surface area (Å²) >= 11 is 0. The molecule has 0 saturated heterocycles. The van der Waals surface area contributed by atoms with E-state index in [0.717, 1.165) is 26.1 Å². The van der Waals surface area contributed by atoms with Crippen molar-refractivity contribution < 1.29 is 4.74 Å². The van der Waals surface area contributed by atoms with Crippen LogP contribution in [0.4, 0.5) is 0 Å². The number of hydrogen-bond acceptors (Lipinski definition) is 2. The molecular formula is C15H25NO. The van der Waals surface area contributed by atoms with Gasteiger partial charge in [-0.05, 0) is 24.4 Å². The van der Waals surface area contributed by atoms with Crippen LogP contribution in [0.2, 0.25) is 0 Å². The van der Waals surface area contributed by atoms with Crippen LogP contribution in [0.3, 0.4) is 0 Å². The van der Waals surface area contributed by atoms with Gasteiger partial charge in [0.2, 0.25) is 0 Å². The Morgan fingerprint density at radius 3 is 2.47 bits per heavy atom. The number of benzene rings is 1. The van der Waals surface area contributed by atoms with Crippen molar-refractivity contribution in [3.05, 3.63) is 35.9 Å². The van der Waals surface area contributed by atoms with E-state index >= 15 is 0 Å². The molecule has 0 heterocycles. The first-order valence-electron chi connectivity index (χ1n) is 6.61. The standard InChI is InChI=1S/C15H25NO/c1-4-10-16-11-15(17-12-13(2)3)14-8-6-5-7-9-14/h5-9,13,15-16H,4,10-12H2,1-3H3. The normalized spacial score (nSPS) is 12.9. The topological polar surface area (TPSA) is 21.3 Å². The summed E-state index contributed by atoms with van der Waals surface area (Å²) in [4.78, 5) is 0. The van der Waals surface area contributed by atoms with E-state index in [1.807, 2.05) is 6.07 Å². The maximum Gasteiger partial charge on any atom is 0.0949 e. The van der Waals surface area contributed by atoms with Gasteiger partial charge in [-0.2, -0.15) is 0 Å². The lowest BCUT2D eigenvalue weighted by Crippen LogP contribution is -2.25. The van der Waals surface area contributed by atoms with Crippen molar-refractivity contribution >= 4 is 0 Å². The number of hydrogen-bond donors (Lipinski definition) is 1. The molecule has 0 aliphatic heterocycles. The molecule has 0 aliphatic rings. The maximum absolute atomic E-state index is 5.97. The van der Waals surface area contributed by atoms with Crippen LogP contribution < -0.4 is 5.32 Å². The van der Waals surface area contributed by atoms with Crippen molar-refractivity contribution in [2.24, 2.45) is 5.92 Å². The molecule has 2 heteroatoms. The highest BCUT2D eigenvalue weighted by Gasteiger charge is 2.11. The van der Waals surface area contributed by atoms with Gasteiger partial charge in [-0.1, -0.05) is 51.1 Å². The molecule has 1 aromatic carbocycles. The molecule has 0 radical (unpaired) electrons. The fourth-order valence-electron chi connectivity index (χ4n) is 1.66. The van der Waals surface area contributed by atoms with Crippen molar-refractivity contribution in [1.82, 2.24) is 5.32 Å². The molecule has 1 atom stereocenters. The Bertz CT molecular complexity index is 284. The van der Waals surface area contributed by atoms with Gasteiger partial charge in [0.25, 0.3) is 0 Å². The summed E-state index contributed by atoms with van der Waals surface area (Å²) in [7, 11) is 0. The molecule has 1 unspecified atom stereocenters. The minimum absolute atomic E-state index is 0.171.